The van der Waals surface area contributed by atoms with Gasteiger partial charge in [0.15, 0.2) is 18.9 Å². The summed E-state index contributed by atoms with van der Waals surface area (Å²) in [7, 11) is 0. The van der Waals surface area contributed by atoms with Gasteiger partial charge in [-0.05, 0) is 78.5 Å². The van der Waals surface area contributed by atoms with Crippen molar-refractivity contribution in [3.63, 3.8) is 0 Å². The summed E-state index contributed by atoms with van der Waals surface area (Å²) >= 11 is 1.57. The number of aliphatic hydroxyl groups excluding tert-OH is 1. The predicted molar refractivity (Wildman–Crippen MR) is 372 cm³/mol. The van der Waals surface area contributed by atoms with E-state index in [1.165, 1.54) is 0 Å². The van der Waals surface area contributed by atoms with Crippen molar-refractivity contribution in [3.8, 4) is 0 Å². The second kappa shape index (κ2) is 36.2. The van der Waals surface area contributed by atoms with Gasteiger partial charge in [-0.3, -0.25) is 0 Å². The van der Waals surface area contributed by atoms with Crippen molar-refractivity contribution < 1.29 is 76.2 Å². The fourth-order valence-electron chi connectivity index (χ4n) is 13.0. The molecule has 8 aromatic rings. The molecule has 0 amide bonds. The van der Waals surface area contributed by atoms with E-state index < -0.39 is 122 Å². The summed E-state index contributed by atoms with van der Waals surface area (Å²) in [5.74, 6) is 0. The molecule has 16 nitrogen and oxygen atoms in total. The molecule has 518 valence electrons. The maximum Gasteiger partial charge on any atom is 0.187 e. The van der Waals surface area contributed by atoms with Crippen LogP contribution in [0.3, 0.4) is 0 Å². The minimum atomic E-state index is -1.16. The Bertz CT molecular complexity index is 3530. The minimum absolute atomic E-state index is 0.147. The Morgan fingerprint density at radius 3 is 0.724 bits per heavy atom. The van der Waals surface area contributed by atoms with Gasteiger partial charge >= 0.3 is 0 Å². The van der Waals surface area contributed by atoms with Gasteiger partial charge in [-0.25, -0.2) is 0 Å². The van der Waals surface area contributed by atoms with Crippen LogP contribution in [0.1, 0.15) is 72.2 Å². The Balaban J connectivity index is 0.901. The van der Waals surface area contributed by atoms with Crippen molar-refractivity contribution >= 4 is 11.8 Å². The number of hydrogen-bond acceptors (Lipinski definition) is 17. The summed E-state index contributed by atoms with van der Waals surface area (Å²) in [5, 5.41) is 12.0. The Hall–Kier alpha value is -6.53. The van der Waals surface area contributed by atoms with Crippen LogP contribution in [0.15, 0.2) is 243 Å². The van der Waals surface area contributed by atoms with E-state index in [0.29, 0.717) is 6.61 Å². The molecule has 0 unspecified atom stereocenters. The maximum atomic E-state index is 12.0. The van der Waals surface area contributed by atoms with Crippen molar-refractivity contribution in [3.05, 3.63) is 287 Å². The standard InChI is InChI=1S/C81H92O16S/c1-54-66(82)70(83-46-58-30-14-6-15-31-58)74(87-50-62-38-22-10-23-39-62)78(91-54)95-67-55(2)92-79(75(88-51-63-40-24-11-25-41-63)71(67)84-47-59-32-16-7-17-33-59)96-68-56(3)93-80(76(89-52-64-42-26-12-27-43-64)72(68)85-48-60-34-18-8-19-35-60)97-69-57(4)94-81(98-5)77(90-53-65-44-28-13-29-45-65)73(69)86-49-61-36-20-9-21-37-61/h6-45,54-57,66-82H,46-53H2,1-5H3/t54-,55-,56-,57-,66-,67-,68-,69-,70+,71+,72+,73+,74+,75+,76+,77+,78+,79-,80-,81-/m0/s1. The molecule has 4 fully saturated rings. The van der Waals surface area contributed by atoms with E-state index in [2.05, 4.69) is 0 Å². The quantitative estimate of drug-likeness (QED) is 0.0437. The van der Waals surface area contributed by atoms with Gasteiger partial charge in [0.25, 0.3) is 0 Å². The van der Waals surface area contributed by atoms with Crippen molar-refractivity contribution in [1.82, 2.24) is 0 Å². The molecule has 20 atom stereocenters. The molecule has 0 spiro atoms. The molecule has 0 bridgehead atoms. The highest BCUT2D eigenvalue weighted by atomic mass is 32.2. The van der Waals surface area contributed by atoms with Crippen LogP contribution in [0.4, 0.5) is 0 Å². The summed E-state index contributed by atoms with van der Waals surface area (Å²) in [6.45, 7) is 9.36. The molecule has 0 radical (unpaired) electrons. The van der Waals surface area contributed by atoms with Gasteiger partial charge < -0.3 is 76.2 Å². The predicted octanol–water partition coefficient (Wildman–Crippen LogP) is 13.5. The summed E-state index contributed by atoms with van der Waals surface area (Å²) < 4.78 is 107. The SMILES string of the molecule is CS[C@@H]1O[C@@H](C)[C@H](O[C@@H]2O[C@@H](C)[C@H](O[C@@H]3O[C@@H](C)[C@H](O[C@H]4O[C@@H](C)[C@H](O)[C@@H](OCc5ccccc5)[C@H]4OCc4ccccc4)[C@@H](OCc4ccccc4)[C@H]3OCc3ccccc3)[C@@H](OCc3ccccc3)[C@H]2OCc2ccccc2)[C@@H](OCc2ccccc2)[C@H]1OCc1ccccc1. The second-order valence-corrected chi connectivity index (χ2v) is 26.4. The first-order valence-corrected chi connectivity index (χ1v) is 35.4. The molecule has 4 saturated heterocycles. The van der Waals surface area contributed by atoms with E-state index in [9.17, 15) is 5.11 Å². The number of ether oxygens (including phenoxy) is 15. The molecule has 1 N–H and O–H groups in total. The Kier molecular flexibility index (Phi) is 26.3. The highest BCUT2D eigenvalue weighted by molar-refractivity contribution is 7.99. The van der Waals surface area contributed by atoms with Gasteiger partial charge in [-0.2, -0.15) is 0 Å². The van der Waals surface area contributed by atoms with E-state index in [0.717, 1.165) is 44.5 Å². The molecule has 12 rings (SSSR count). The van der Waals surface area contributed by atoms with Crippen LogP contribution in [0, 0.1) is 0 Å². The highest BCUT2D eigenvalue weighted by Crippen LogP contribution is 2.41. The highest BCUT2D eigenvalue weighted by Gasteiger charge is 2.57. The third-order valence-electron chi connectivity index (χ3n) is 18.3. The van der Waals surface area contributed by atoms with Gasteiger partial charge in [0.2, 0.25) is 0 Å². The Morgan fingerprint density at radius 1 is 0.255 bits per heavy atom. The van der Waals surface area contributed by atoms with E-state index in [-0.39, 0.29) is 46.2 Å². The monoisotopic (exact) mass is 1350 g/mol. The van der Waals surface area contributed by atoms with E-state index in [1.54, 1.807) is 11.8 Å². The lowest BCUT2D eigenvalue weighted by atomic mass is 9.95. The number of hydrogen-bond donors (Lipinski definition) is 1. The van der Waals surface area contributed by atoms with Gasteiger partial charge in [-0.15, -0.1) is 11.8 Å². The molecule has 4 aliphatic rings. The second-order valence-electron chi connectivity index (χ2n) is 25.5. The van der Waals surface area contributed by atoms with Crippen LogP contribution >= 0.6 is 11.8 Å². The van der Waals surface area contributed by atoms with E-state index in [1.807, 2.05) is 277 Å². The van der Waals surface area contributed by atoms with E-state index >= 15 is 0 Å². The lowest BCUT2D eigenvalue weighted by Crippen LogP contribution is -2.67. The molecule has 4 heterocycles. The average molecular weight is 1350 g/mol. The zero-order valence-corrected chi connectivity index (χ0v) is 57.1. The van der Waals surface area contributed by atoms with Gasteiger partial charge in [-0.1, -0.05) is 243 Å². The molecule has 8 aromatic carbocycles. The first-order valence-electron chi connectivity index (χ1n) is 34.2. The number of rotatable bonds is 31. The average Bonchev–Trinajstić information content (AvgIpc) is 0.772. The molecular formula is C81H92O16S. The summed E-state index contributed by atoms with van der Waals surface area (Å²) in [5.41, 5.74) is 7.15. The minimum Gasteiger partial charge on any atom is -0.388 e. The fraction of sp³-hybridized carbons (Fsp3) is 0.407. The zero-order chi connectivity index (χ0) is 67.4. The van der Waals surface area contributed by atoms with Crippen LogP contribution in [0.2, 0.25) is 0 Å². The normalized spacial score (nSPS) is 30.4. The van der Waals surface area contributed by atoms with Gasteiger partial charge in [0, 0.05) is 0 Å². The summed E-state index contributed by atoms with van der Waals surface area (Å²) in [4.78, 5) is 0. The summed E-state index contributed by atoms with van der Waals surface area (Å²) in [6.07, 6.45) is -14.6. The largest absolute Gasteiger partial charge is 0.388 e. The Labute approximate surface area is 580 Å². The molecular weight excluding hydrogens is 1260 g/mol. The van der Waals surface area contributed by atoms with Crippen LogP contribution in [0.5, 0.6) is 0 Å². The molecule has 0 aromatic heterocycles. The van der Waals surface area contributed by atoms with Crippen molar-refractivity contribution in [1.29, 1.82) is 0 Å². The topological polar surface area (TPSA) is 159 Å². The molecule has 4 aliphatic heterocycles. The third-order valence-corrected chi connectivity index (χ3v) is 19.2. The molecule has 17 heteroatoms. The first-order chi connectivity index (χ1) is 48.1. The van der Waals surface area contributed by atoms with Crippen molar-refractivity contribution in [2.75, 3.05) is 6.26 Å². The van der Waals surface area contributed by atoms with Crippen molar-refractivity contribution in [2.45, 2.75) is 203 Å². The van der Waals surface area contributed by atoms with Crippen LogP contribution in [-0.2, 0) is 124 Å². The third kappa shape index (κ3) is 19.1. The molecule has 98 heavy (non-hydrogen) atoms. The number of thioether (sulfide) groups is 1. The molecule has 0 saturated carbocycles. The number of benzene rings is 8. The maximum absolute atomic E-state index is 12.0. The van der Waals surface area contributed by atoms with Crippen LogP contribution in [-0.4, -0.2) is 133 Å². The van der Waals surface area contributed by atoms with Crippen LogP contribution in [0.25, 0.3) is 0 Å². The van der Waals surface area contributed by atoms with Crippen molar-refractivity contribution in [2.24, 2.45) is 0 Å². The first kappa shape index (κ1) is 71.3. The fourth-order valence-corrected chi connectivity index (χ4v) is 13.8. The lowest BCUT2D eigenvalue weighted by molar-refractivity contribution is -0.392. The number of aliphatic hydroxyl groups is 1. The smallest absolute Gasteiger partial charge is 0.187 e. The zero-order valence-electron chi connectivity index (χ0n) is 56.3. The summed E-state index contributed by atoms with van der Waals surface area (Å²) in [6, 6.07) is 79.8. The Morgan fingerprint density at radius 2 is 0.459 bits per heavy atom. The van der Waals surface area contributed by atoms with E-state index in [4.69, 9.17) is 71.1 Å². The van der Waals surface area contributed by atoms with Gasteiger partial charge in [0.1, 0.15) is 78.7 Å². The lowest BCUT2D eigenvalue weighted by Gasteiger charge is -2.51. The van der Waals surface area contributed by atoms with Gasteiger partial charge in [0.05, 0.1) is 77.3 Å². The van der Waals surface area contributed by atoms with Crippen LogP contribution < -0.4 is 0 Å². The molecule has 0 aliphatic carbocycles.